The summed E-state index contributed by atoms with van der Waals surface area (Å²) in [5.74, 6) is 0.578. The Kier molecular flexibility index (Phi) is 3.72. The van der Waals surface area contributed by atoms with Crippen molar-refractivity contribution in [2.24, 2.45) is 0 Å². The lowest BCUT2D eigenvalue weighted by atomic mass is 10.3. The number of benzene rings is 1. The first kappa shape index (κ1) is 13.4. The highest BCUT2D eigenvalue weighted by molar-refractivity contribution is 7.89. The number of methoxy groups -OCH3 is 1. The molecule has 0 fully saturated rings. The van der Waals surface area contributed by atoms with Crippen LogP contribution in [0, 0.1) is 0 Å². The van der Waals surface area contributed by atoms with E-state index in [1.807, 2.05) is 0 Å². The van der Waals surface area contributed by atoms with E-state index < -0.39 is 10.0 Å². The summed E-state index contributed by atoms with van der Waals surface area (Å²) < 4.78 is 31.3. The number of hydrogen-bond donors (Lipinski definition) is 3. The van der Waals surface area contributed by atoms with Crippen LogP contribution in [0.4, 0.5) is 0 Å². The molecule has 19 heavy (non-hydrogen) atoms. The Balaban J connectivity index is 2.11. The molecule has 0 saturated carbocycles. The van der Waals surface area contributed by atoms with Gasteiger partial charge in [0, 0.05) is 6.07 Å². The molecule has 7 nitrogen and oxygen atoms in total. The van der Waals surface area contributed by atoms with Crippen LogP contribution in [0.5, 0.6) is 5.75 Å². The first-order valence-electron chi connectivity index (χ1n) is 5.41. The second kappa shape index (κ2) is 5.29. The van der Waals surface area contributed by atoms with Crippen molar-refractivity contribution in [3.63, 3.8) is 0 Å². The van der Waals surface area contributed by atoms with Crippen LogP contribution in [-0.2, 0) is 16.6 Å². The summed E-state index contributed by atoms with van der Waals surface area (Å²) >= 11 is 0. The molecule has 0 aliphatic rings. The lowest BCUT2D eigenvalue weighted by Crippen LogP contribution is -2.23. The van der Waals surface area contributed by atoms with Gasteiger partial charge >= 0.3 is 0 Å². The van der Waals surface area contributed by atoms with E-state index in [1.165, 1.54) is 25.3 Å². The van der Waals surface area contributed by atoms with Crippen LogP contribution < -0.4 is 15.0 Å². The van der Waals surface area contributed by atoms with E-state index in [0.717, 1.165) is 0 Å². The second-order valence-electron chi connectivity index (χ2n) is 3.78. The monoisotopic (exact) mass is 283 g/mol. The predicted molar refractivity (Wildman–Crippen MR) is 68.4 cm³/mol. The molecule has 0 atom stereocenters. The number of sulfonamides is 1. The third-order valence-corrected chi connectivity index (χ3v) is 3.89. The van der Waals surface area contributed by atoms with E-state index >= 15 is 0 Å². The van der Waals surface area contributed by atoms with Gasteiger partial charge in [0.05, 0.1) is 24.2 Å². The van der Waals surface area contributed by atoms with Gasteiger partial charge in [0.25, 0.3) is 5.56 Å². The largest absolute Gasteiger partial charge is 0.497 e. The number of nitrogens with one attached hydrogen (secondary N) is 3. The number of aromatic amines is 2. The van der Waals surface area contributed by atoms with Crippen LogP contribution in [0.3, 0.4) is 0 Å². The topological polar surface area (TPSA) is 104 Å². The van der Waals surface area contributed by atoms with E-state index in [1.54, 1.807) is 12.1 Å². The van der Waals surface area contributed by atoms with Crippen molar-refractivity contribution < 1.29 is 13.2 Å². The zero-order valence-corrected chi connectivity index (χ0v) is 11.0. The molecule has 0 bridgehead atoms. The fourth-order valence-electron chi connectivity index (χ4n) is 1.48. The molecule has 0 spiro atoms. The summed E-state index contributed by atoms with van der Waals surface area (Å²) in [5, 5.41) is 4.89. The summed E-state index contributed by atoms with van der Waals surface area (Å²) in [4.78, 5) is 11.0. The van der Waals surface area contributed by atoms with Crippen LogP contribution in [-0.4, -0.2) is 25.7 Å². The number of hydrogen-bond acceptors (Lipinski definition) is 4. The van der Waals surface area contributed by atoms with Gasteiger partial charge in [-0.25, -0.2) is 13.1 Å². The van der Waals surface area contributed by atoms with Gasteiger partial charge in [-0.15, -0.1) is 0 Å². The van der Waals surface area contributed by atoms with Gasteiger partial charge in [-0.2, -0.15) is 0 Å². The van der Waals surface area contributed by atoms with Crippen LogP contribution in [0.2, 0.25) is 0 Å². The van der Waals surface area contributed by atoms with Gasteiger partial charge in [-0.1, -0.05) is 0 Å². The summed E-state index contributed by atoms with van der Waals surface area (Å²) in [6.07, 6.45) is 0. The number of aromatic nitrogens is 2. The van der Waals surface area contributed by atoms with Crippen molar-refractivity contribution in [2.75, 3.05) is 7.11 Å². The molecule has 0 amide bonds. The van der Waals surface area contributed by atoms with Crippen molar-refractivity contribution in [1.29, 1.82) is 0 Å². The quantitative estimate of drug-likeness (QED) is 0.728. The van der Waals surface area contributed by atoms with E-state index in [4.69, 9.17) is 4.74 Å². The normalized spacial score (nSPS) is 11.4. The fourth-order valence-corrected chi connectivity index (χ4v) is 2.49. The van der Waals surface area contributed by atoms with Gasteiger partial charge in [0.1, 0.15) is 5.75 Å². The SMILES string of the molecule is COc1ccc(S(=O)(=O)NCc2cc(=O)[nH][nH]2)cc1. The van der Waals surface area contributed by atoms with Gasteiger partial charge in [-0.05, 0) is 24.3 Å². The minimum absolute atomic E-state index is 0.00705. The molecule has 0 aliphatic heterocycles. The Bertz CT molecular complexity index is 700. The highest BCUT2D eigenvalue weighted by Gasteiger charge is 2.13. The maximum absolute atomic E-state index is 12.0. The average Bonchev–Trinajstić information content (AvgIpc) is 2.82. The Morgan fingerprint density at radius 1 is 1.21 bits per heavy atom. The number of H-pyrrole nitrogens is 2. The lowest BCUT2D eigenvalue weighted by Gasteiger charge is -2.06. The van der Waals surface area contributed by atoms with Gasteiger partial charge in [-0.3, -0.25) is 9.89 Å². The standard InChI is InChI=1S/C11H13N3O4S/c1-18-9-2-4-10(5-3-9)19(16,17)12-7-8-6-11(15)14-13-8/h2-6,12H,7H2,1H3,(H2,13,14,15). The number of ether oxygens (including phenoxy) is 1. The fraction of sp³-hybridized carbons (Fsp3) is 0.182. The van der Waals surface area contributed by atoms with Crippen LogP contribution >= 0.6 is 0 Å². The Morgan fingerprint density at radius 3 is 2.42 bits per heavy atom. The molecule has 3 N–H and O–H groups in total. The molecule has 1 aromatic heterocycles. The third kappa shape index (κ3) is 3.24. The molecule has 2 aromatic rings. The highest BCUT2D eigenvalue weighted by atomic mass is 32.2. The summed E-state index contributed by atoms with van der Waals surface area (Å²) in [5.41, 5.74) is 0.153. The average molecular weight is 283 g/mol. The van der Waals surface area contributed by atoms with Crippen molar-refractivity contribution in [1.82, 2.24) is 14.9 Å². The maximum atomic E-state index is 12.0. The molecule has 8 heteroatoms. The molecule has 0 radical (unpaired) electrons. The zero-order valence-electron chi connectivity index (χ0n) is 10.1. The summed E-state index contributed by atoms with van der Waals surface area (Å²) in [6.45, 7) is 0.00705. The van der Waals surface area contributed by atoms with Crippen molar-refractivity contribution in [2.45, 2.75) is 11.4 Å². The Morgan fingerprint density at radius 2 is 1.89 bits per heavy atom. The van der Waals surface area contributed by atoms with Crippen LogP contribution in [0.1, 0.15) is 5.69 Å². The molecule has 1 heterocycles. The molecular weight excluding hydrogens is 270 g/mol. The van der Waals surface area contributed by atoms with E-state index in [0.29, 0.717) is 11.4 Å². The minimum atomic E-state index is -3.62. The summed E-state index contributed by atoms with van der Waals surface area (Å²) in [7, 11) is -2.11. The first-order chi connectivity index (χ1) is 9.01. The van der Waals surface area contributed by atoms with Gasteiger partial charge in [0.15, 0.2) is 0 Å². The predicted octanol–water partition coefficient (Wildman–Crippen LogP) is 0.190. The summed E-state index contributed by atoms with van der Waals surface area (Å²) in [6, 6.07) is 7.30. The Hall–Kier alpha value is -2.06. The molecule has 2 rings (SSSR count). The molecule has 1 aromatic carbocycles. The van der Waals surface area contributed by atoms with Crippen molar-refractivity contribution in [3.8, 4) is 5.75 Å². The molecular formula is C11H13N3O4S. The smallest absolute Gasteiger partial charge is 0.264 e. The van der Waals surface area contributed by atoms with Crippen molar-refractivity contribution >= 4 is 10.0 Å². The van der Waals surface area contributed by atoms with Gasteiger partial charge < -0.3 is 9.84 Å². The molecule has 0 unspecified atom stereocenters. The lowest BCUT2D eigenvalue weighted by molar-refractivity contribution is 0.414. The van der Waals surface area contributed by atoms with E-state index in [9.17, 15) is 13.2 Å². The van der Waals surface area contributed by atoms with Crippen molar-refractivity contribution in [3.05, 3.63) is 46.4 Å². The van der Waals surface area contributed by atoms with Crippen LogP contribution in [0.25, 0.3) is 0 Å². The van der Waals surface area contributed by atoms with Crippen LogP contribution in [0.15, 0.2) is 40.0 Å². The van der Waals surface area contributed by atoms with E-state index in [-0.39, 0.29) is 17.0 Å². The molecule has 102 valence electrons. The number of rotatable bonds is 5. The minimum Gasteiger partial charge on any atom is -0.497 e. The molecule has 0 aliphatic carbocycles. The van der Waals surface area contributed by atoms with E-state index in [2.05, 4.69) is 14.9 Å². The molecule has 0 saturated heterocycles. The van der Waals surface area contributed by atoms with Gasteiger partial charge in [0.2, 0.25) is 10.0 Å². The Labute approximate surface area is 109 Å². The zero-order chi connectivity index (χ0) is 13.9. The highest BCUT2D eigenvalue weighted by Crippen LogP contribution is 2.15. The first-order valence-corrected chi connectivity index (χ1v) is 6.90. The third-order valence-electron chi connectivity index (χ3n) is 2.47. The second-order valence-corrected chi connectivity index (χ2v) is 5.55. The maximum Gasteiger partial charge on any atom is 0.264 e.